The summed E-state index contributed by atoms with van der Waals surface area (Å²) in [6.07, 6.45) is 0. The van der Waals surface area contributed by atoms with Gasteiger partial charge in [-0.05, 0) is 19.1 Å². The molecule has 18 heavy (non-hydrogen) atoms. The van der Waals surface area contributed by atoms with E-state index in [2.05, 4.69) is 9.89 Å². The van der Waals surface area contributed by atoms with Crippen LogP contribution >= 0.6 is 0 Å². The maximum atomic E-state index is 13.1. The van der Waals surface area contributed by atoms with Gasteiger partial charge in [0.1, 0.15) is 28.7 Å². The molecule has 0 atom stereocenters. The number of benzene rings is 1. The number of carbonyl (C=O) groups excluding carboxylic acids is 1. The number of hydrogen-bond donors (Lipinski definition) is 0. The smallest absolute Gasteiger partial charge is 0.343 e. The third kappa shape index (κ3) is 2.09. The second kappa shape index (κ2) is 4.56. The Morgan fingerprint density at radius 3 is 2.44 bits per heavy atom. The Morgan fingerprint density at radius 2 is 1.89 bits per heavy atom. The maximum Gasteiger partial charge on any atom is 0.343 e. The molecule has 0 bridgehead atoms. The van der Waals surface area contributed by atoms with Crippen LogP contribution in [-0.2, 0) is 4.74 Å². The average Bonchev–Trinajstić information content (AvgIpc) is 2.69. The quantitative estimate of drug-likeness (QED) is 0.772. The van der Waals surface area contributed by atoms with Crippen molar-refractivity contribution in [2.45, 2.75) is 6.92 Å². The minimum atomic E-state index is -0.763. The molecule has 0 unspecified atom stereocenters. The van der Waals surface area contributed by atoms with Crippen molar-refractivity contribution in [3.63, 3.8) is 0 Å². The van der Waals surface area contributed by atoms with E-state index in [-0.39, 0.29) is 22.6 Å². The molecule has 2 aromatic rings. The predicted molar refractivity (Wildman–Crippen MR) is 57.9 cm³/mol. The number of halogens is 2. The van der Waals surface area contributed by atoms with Crippen LogP contribution in [0.15, 0.2) is 22.7 Å². The molecule has 1 aromatic heterocycles. The Bertz CT molecular complexity index is 587. The maximum absolute atomic E-state index is 13.1. The molecule has 0 saturated carbocycles. The normalized spacial score (nSPS) is 10.4. The van der Waals surface area contributed by atoms with Crippen molar-refractivity contribution in [3.05, 3.63) is 41.2 Å². The van der Waals surface area contributed by atoms with E-state index < -0.39 is 17.6 Å². The van der Waals surface area contributed by atoms with Crippen molar-refractivity contribution >= 4 is 5.97 Å². The van der Waals surface area contributed by atoms with Gasteiger partial charge in [0.25, 0.3) is 0 Å². The minimum Gasteiger partial charge on any atom is -0.465 e. The molecule has 0 aliphatic carbocycles. The van der Waals surface area contributed by atoms with E-state index >= 15 is 0 Å². The predicted octanol–water partition coefficient (Wildman–Crippen LogP) is 2.71. The summed E-state index contributed by atoms with van der Waals surface area (Å²) >= 11 is 0. The summed E-state index contributed by atoms with van der Waals surface area (Å²) in [7, 11) is 1.20. The topological polar surface area (TPSA) is 52.3 Å². The van der Waals surface area contributed by atoms with Crippen LogP contribution in [0.4, 0.5) is 8.78 Å². The van der Waals surface area contributed by atoms with Crippen molar-refractivity contribution in [1.29, 1.82) is 0 Å². The Hall–Kier alpha value is -2.24. The summed E-state index contributed by atoms with van der Waals surface area (Å²) < 4.78 is 35.7. The number of rotatable bonds is 2. The van der Waals surface area contributed by atoms with E-state index in [1.807, 2.05) is 0 Å². The summed E-state index contributed by atoms with van der Waals surface area (Å²) in [4.78, 5) is 11.5. The van der Waals surface area contributed by atoms with Gasteiger partial charge in [0, 0.05) is 11.6 Å². The molecule has 0 aliphatic rings. The zero-order chi connectivity index (χ0) is 13.3. The van der Waals surface area contributed by atoms with Gasteiger partial charge in [-0.3, -0.25) is 0 Å². The van der Waals surface area contributed by atoms with Gasteiger partial charge in [0.05, 0.1) is 7.11 Å². The fourth-order valence-corrected chi connectivity index (χ4v) is 1.60. The molecule has 6 heteroatoms. The number of aryl methyl sites for hydroxylation is 1. The van der Waals surface area contributed by atoms with Gasteiger partial charge in [-0.25, -0.2) is 13.6 Å². The lowest BCUT2D eigenvalue weighted by atomic mass is 10.1. The Kier molecular flexibility index (Phi) is 3.10. The molecular formula is C12H9F2NO3. The fourth-order valence-electron chi connectivity index (χ4n) is 1.60. The molecule has 0 aliphatic heterocycles. The van der Waals surface area contributed by atoms with Crippen molar-refractivity contribution < 1.29 is 22.8 Å². The number of aromatic nitrogens is 1. The summed E-state index contributed by atoms with van der Waals surface area (Å²) in [6.45, 7) is 1.51. The molecule has 0 spiro atoms. The summed E-state index contributed by atoms with van der Waals surface area (Å²) in [5.41, 5.74) is 0.227. The van der Waals surface area contributed by atoms with Crippen LogP contribution in [0.2, 0.25) is 0 Å². The van der Waals surface area contributed by atoms with Gasteiger partial charge >= 0.3 is 5.97 Å². The van der Waals surface area contributed by atoms with Crippen LogP contribution in [0, 0.1) is 18.6 Å². The van der Waals surface area contributed by atoms with Crippen molar-refractivity contribution in [2.24, 2.45) is 0 Å². The monoisotopic (exact) mass is 253 g/mol. The van der Waals surface area contributed by atoms with Gasteiger partial charge in [-0.1, -0.05) is 5.16 Å². The van der Waals surface area contributed by atoms with Gasteiger partial charge < -0.3 is 9.26 Å². The Morgan fingerprint density at radius 1 is 1.28 bits per heavy atom. The molecular weight excluding hydrogens is 244 g/mol. The molecule has 1 heterocycles. The second-order valence-electron chi connectivity index (χ2n) is 3.61. The molecule has 2 rings (SSSR count). The van der Waals surface area contributed by atoms with Crippen LogP contribution in [0.25, 0.3) is 11.3 Å². The minimum absolute atomic E-state index is 0.0535. The first-order valence-corrected chi connectivity index (χ1v) is 5.04. The van der Waals surface area contributed by atoms with Gasteiger partial charge in [-0.15, -0.1) is 0 Å². The van der Waals surface area contributed by atoms with Crippen LogP contribution in [0.3, 0.4) is 0 Å². The SMILES string of the molecule is COC(=O)c1c(-c2cc(F)cc(F)c2)noc1C. The molecule has 0 N–H and O–H groups in total. The lowest BCUT2D eigenvalue weighted by Crippen LogP contribution is -2.03. The fraction of sp³-hybridized carbons (Fsp3) is 0.167. The number of ether oxygens (including phenoxy) is 1. The lowest BCUT2D eigenvalue weighted by molar-refractivity contribution is 0.0599. The average molecular weight is 253 g/mol. The number of hydrogen-bond acceptors (Lipinski definition) is 4. The van der Waals surface area contributed by atoms with Crippen LogP contribution in [0.1, 0.15) is 16.1 Å². The number of carbonyl (C=O) groups is 1. The molecule has 94 valence electrons. The Balaban J connectivity index is 2.61. The zero-order valence-corrected chi connectivity index (χ0v) is 9.66. The van der Waals surface area contributed by atoms with Crippen LogP contribution < -0.4 is 0 Å². The first-order valence-electron chi connectivity index (χ1n) is 5.04. The number of nitrogens with zero attached hydrogens (tertiary/aromatic N) is 1. The van der Waals surface area contributed by atoms with Gasteiger partial charge in [0.15, 0.2) is 0 Å². The third-order valence-corrected chi connectivity index (χ3v) is 2.39. The van der Waals surface area contributed by atoms with Crippen molar-refractivity contribution in [1.82, 2.24) is 5.16 Å². The molecule has 0 saturated heterocycles. The Labute approximate surface area is 101 Å². The van der Waals surface area contributed by atoms with E-state index in [0.717, 1.165) is 18.2 Å². The molecule has 0 radical (unpaired) electrons. The highest BCUT2D eigenvalue weighted by atomic mass is 19.1. The highest BCUT2D eigenvalue weighted by Crippen LogP contribution is 2.27. The first kappa shape index (κ1) is 12.2. The van der Waals surface area contributed by atoms with Crippen molar-refractivity contribution in [3.8, 4) is 11.3 Å². The van der Waals surface area contributed by atoms with E-state index in [1.165, 1.54) is 14.0 Å². The van der Waals surface area contributed by atoms with Gasteiger partial charge in [-0.2, -0.15) is 0 Å². The highest BCUT2D eigenvalue weighted by Gasteiger charge is 2.22. The van der Waals surface area contributed by atoms with Crippen LogP contribution in [0.5, 0.6) is 0 Å². The van der Waals surface area contributed by atoms with Gasteiger partial charge in [0.2, 0.25) is 0 Å². The molecule has 1 aromatic carbocycles. The largest absolute Gasteiger partial charge is 0.465 e. The molecule has 0 fully saturated rings. The lowest BCUT2D eigenvalue weighted by Gasteiger charge is -2.01. The third-order valence-electron chi connectivity index (χ3n) is 2.39. The number of esters is 1. The summed E-state index contributed by atoms with van der Waals surface area (Å²) in [6, 6.07) is 2.86. The van der Waals surface area contributed by atoms with E-state index in [9.17, 15) is 13.6 Å². The highest BCUT2D eigenvalue weighted by molar-refractivity contribution is 5.96. The van der Waals surface area contributed by atoms with Crippen molar-refractivity contribution in [2.75, 3.05) is 7.11 Å². The zero-order valence-electron chi connectivity index (χ0n) is 9.66. The first-order chi connectivity index (χ1) is 8.52. The summed E-state index contributed by atoms with van der Waals surface area (Å²) in [5.74, 6) is -1.97. The van der Waals surface area contributed by atoms with E-state index in [1.54, 1.807) is 0 Å². The van der Waals surface area contributed by atoms with E-state index in [0.29, 0.717) is 0 Å². The molecule has 4 nitrogen and oxygen atoms in total. The summed E-state index contributed by atoms with van der Waals surface area (Å²) in [5, 5.41) is 3.63. The standard InChI is InChI=1S/C12H9F2NO3/c1-6-10(12(16)17-2)11(15-18-6)7-3-8(13)5-9(14)4-7/h3-5H,1-2H3. The number of methoxy groups -OCH3 is 1. The van der Waals surface area contributed by atoms with E-state index in [4.69, 9.17) is 4.52 Å². The second-order valence-corrected chi connectivity index (χ2v) is 3.61. The van der Waals surface area contributed by atoms with Crippen LogP contribution in [-0.4, -0.2) is 18.2 Å². The molecule has 0 amide bonds.